The Bertz CT molecular complexity index is 744. The first-order valence-corrected chi connectivity index (χ1v) is 8.35. The van der Waals surface area contributed by atoms with Gasteiger partial charge in [-0.25, -0.2) is 4.79 Å². The summed E-state index contributed by atoms with van der Waals surface area (Å²) in [5.74, 6) is -0.353. The summed E-state index contributed by atoms with van der Waals surface area (Å²) in [5, 5.41) is 2.86. The highest BCUT2D eigenvalue weighted by Crippen LogP contribution is 2.32. The van der Waals surface area contributed by atoms with Crippen molar-refractivity contribution in [3.05, 3.63) is 71.3 Å². The lowest BCUT2D eigenvalue weighted by molar-refractivity contribution is -0.148. The topological polar surface area (TPSA) is 64.6 Å². The maximum Gasteiger partial charge on any atom is 0.408 e. The van der Waals surface area contributed by atoms with Crippen LogP contribution in [0.3, 0.4) is 0 Å². The van der Waals surface area contributed by atoms with Crippen LogP contribution in [0.15, 0.2) is 54.6 Å². The highest BCUT2D eigenvalue weighted by atomic mass is 16.6. The van der Waals surface area contributed by atoms with E-state index in [-0.39, 0.29) is 12.6 Å². The van der Waals surface area contributed by atoms with Crippen LogP contribution in [0.5, 0.6) is 0 Å². The van der Waals surface area contributed by atoms with E-state index in [4.69, 9.17) is 9.47 Å². The van der Waals surface area contributed by atoms with Gasteiger partial charge < -0.3 is 14.8 Å². The van der Waals surface area contributed by atoms with Crippen LogP contribution in [0.25, 0.3) is 0 Å². The number of carbonyl (C=O) groups is 2. The molecule has 5 heteroatoms. The Hall–Kier alpha value is -2.82. The highest BCUT2D eigenvalue weighted by molar-refractivity contribution is 5.69. The van der Waals surface area contributed by atoms with E-state index in [0.717, 1.165) is 23.1 Å². The number of amides is 1. The van der Waals surface area contributed by atoms with Crippen LogP contribution in [0.2, 0.25) is 0 Å². The van der Waals surface area contributed by atoms with Gasteiger partial charge in [0.05, 0.1) is 6.04 Å². The number of ether oxygens (including phenoxy) is 2. The molecule has 2 aromatic carbocycles. The first kappa shape index (κ1) is 17.0. The molecule has 0 saturated carbocycles. The minimum absolute atomic E-state index is 0.194. The average Bonchev–Trinajstić information content (AvgIpc) is 2.62. The Balaban J connectivity index is 1.70. The zero-order valence-electron chi connectivity index (χ0n) is 14.1. The zero-order chi connectivity index (χ0) is 17.6. The summed E-state index contributed by atoms with van der Waals surface area (Å²) in [5.41, 5.74) is 3.04. The van der Waals surface area contributed by atoms with Crippen molar-refractivity contribution in [2.24, 2.45) is 0 Å². The van der Waals surface area contributed by atoms with E-state index in [2.05, 4.69) is 5.32 Å². The first-order chi connectivity index (χ1) is 12.1. The lowest BCUT2D eigenvalue weighted by Gasteiger charge is -2.33. The molecule has 0 aromatic heterocycles. The highest BCUT2D eigenvalue weighted by Gasteiger charge is 2.33. The van der Waals surface area contributed by atoms with Gasteiger partial charge in [0.25, 0.3) is 0 Å². The number of hydrogen-bond acceptors (Lipinski definition) is 4. The van der Waals surface area contributed by atoms with Gasteiger partial charge in [-0.05, 0) is 29.5 Å². The number of benzene rings is 2. The number of nitrogens with one attached hydrogen (secondary N) is 1. The fraction of sp³-hybridized carbons (Fsp3) is 0.300. The van der Waals surface area contributed by atoms with Crippen molar-refractivity contribution in [2.45, 2.75) is 38.5 Å². The molecule has 2 aromatic rings. The SMILES string of the molecule is CC(=O)O[C@@H]1CCc2ccccc2[C@@H]1NC(=O)OCc1ccccc1. The van der Waals surface area contributed by atoms with Crippen LogP contribution in [-0.4, -0.2) is 18.2 Å². The molecule has 0 radical (unpaired) electrons. The lowest BCUT2D eigenvalue weighted by Crippen LogP contribution is -2.41. The zero-order valence-corrected chi connectivity index (χ0v) is 14.1. The molecule has 1 N–H and O–H groups in total. The number of alkyl carbamates (subject to hydrolysis) is 1. The molecule has 1 amide bonds. The van der Waals surface area contributed by atoms with Gasteiger partial charge in [0.1, 0.15) is 12.7 Å². The maximum absolute atomic E-state index is 12.3. The quantitative estimate of drug-likeness (QED) is 0.866. The Kier molecular flexibility index (Phi) is 5.33. The lowest BCUT2D eigenvalue weighted by atomic mass is 9.85. The number of hydrogen-bond donors (Lipinski definition) is 1. The summed E-state index contributed by atoms with van der Waals surface area (Å²) >= 11 is 0. The molecule has 0 spiro atoms. The Morgan fingerprint density at radius 3 is 2.56 bits per heavy atom. The van der Waals surface area contributed by atoms with Crippen molar-refractivity contribution in [2.75, 3.05) is 0 Å². The molecule has 0 aliphatic heterocycles. The van der Waals surface area contributed by atoms with Crippen molar-refractivity contribution < 1.29 is 19.1 Å². The number of carbonyl (C=O) groups excluding carboxylic acids is 2. The summed E-state index contributed by atoms with van der Waals surface area (Å²) in [4.78, 5) is 23.7. The normalized spacial score (nSPS) is 18.8. The Morgan fingerprint density at radius 2 is 1.80 bits per heavy atom. The molecule has 130 valence electrons. The summed E-state index contributed by atoms with van der Waals surface area (Å²) in [6.45, 7) is 1.57. The minimum atomic E-state index is -0.525. The van der Waals surface area contributed by atoms with E-state index >= 15 is 0 Å². The molecular formula is C20H21NO4. The molecule has 1 aliphatic carbocycles. The number of fused-ring (bicyclic) bond motifs is 1. The fourth-order valence-electron chi connectivity index (χ4n) is 3.13. The Labute approximate surface area is 147 Å². The van der Waals surface area contributed by atoms with Crippen molar-refractivity contribution in [3.63, 3.8) is 0 Å². The third kappa shape index (κ3) is 4.38. The van der Waals surface area contributed by atoms with Crippen LogP contribution in [0.4, 0.5) is 4.79 Å². The smallest absolute Gasteiger partial charge is 0.408 e. The minimum Gasteiger partial charge on any atom is -0.460 e. The van der Waals surface area contributed by atoms with Crippen LogP contribution in [-0.2, 0) is 27.3 Å². The second-order valence-electron chi connectivity index (χ2n) is 6.07. The van der Waals surface area contributed by atoms with Gasteiger partial charge in [-0.3, -0.25) is 4.79 Å². The molecule has 2 atom stereocenters. The van der Waals surface area contributed by atoms with Gasteiger partial charge in [-0.2, -0.15) is 0 Å². The number of rotatable bonds is 4. The standard InChI is InChI=1S/C20H21NO4/c1-14(22)25-18-12-11-16-9-5-6-10-17(16)19(18)21-20(23)24-13-15-7-3-2-4-8-15/h2-10,18-19H,11-13H2,1H3,(H,21,23)/t18-,19+/m1/s1. The van der Waals surface area contributed by atoms with E-state index in [1.54, 1.807) is 0 Å². The molecule has 25 heavy (non-hydrogen) atoms. The molecule has 0 saturated heterocycles. The van der Waals surface area contributed by atoms with E-state index in [1.165, 1.54) is 6.92 Å². The number of esters is 1. The van der Waals surface area contributed by atoms with Gasteiger partial charge in [0, 0.05) is 6.92 Å². The molecule has 0 bridgehead atoms. The molecule has 1 aliphatic rings. The maximum atomic E-state index is 12.3. The third-order valence-electron chi connectivity index (χ3n) is 4.26. The van der Waals surface area contributed by atoms with Gasteiger partial charge in [-0.1, -0.05) is 54.6 Å². The van der Waals surface area contributed by atoms with Crippen molar-refractivity contribution in [1.82, 2.24) is 5.32 Å². The first-order valence-electron chi connectivity index (χ1n) is 8.35. The molecule has 0 unspecified atom stereocenters. The summed E-state index contributed by atoms with van der Waals surface area (Å²) in [7, 11) is 0. The van der Waals surface area contributed by atoms with Crippen LogP contribution < -0.4 is 5.32 Å². The molecule has 0 heterocycles. The van der Waals surface area contributed by atoms with Crippen LogP contribution in [0, 0.1) is 0 Å². The van der Waals surface area contributed by atoms with Crippen molar-refractivity contribution in [3.8, 4) is 0 Å². The molecule has 3 rings (SSSR count). The monoisotopic (exact) mass is 339 g/mol. The van der Waals surface area contributed by atoms with Gasteiger partial charge >= 0.3 is 12.1 Å². The van der Waals surface area contributed by atoms with Crippen molar-refractivity contribution >= 4 is 12.1 Å². The van der Waals surface area contributed by atoms with Crippen molar-refractivity contribution in [1.29, 1.82) is 0 Å². The second-order valence-corrected chi connectivity index (χ2v) is 6.07. The predicted octanol–water partition coefficient (Wildman–Crippen LogP) is 3.53. The summed E-state index contributed by atoms with van der Waals surface area (Å²) in [6, 6.07) is 16.9. The van der Waals surface area contributed by atoms with Gasteiger partial charge in [0.15, 0.2) is 0 Å². The van der Waals surface area contributed by atoms with E-state index in [0.29, 0.717) is 6.42 Å². The average molecular weight is 339 g/mol. The fourth-order valence-corrected chi connectivity index (χ4v) is 3.13. The predicted molar refractivity (Wildman–Crippen MR) is 92.8 cm³/mol. The number of aryl methyl sites for hydroxylation is 1. The largest absolute Gasteiger partial charge is 0.460 e. The van der Waals surface area contributed by atoms with E-state index in [1.807, 2.05) is 54.6 Å². The third-order valence-corrected chi connectivity index (χ3v) is 4.26. The van der Waals surface area contributed by atoms with E-state index in [9.17, 15) is 9.59 Å². The van der Waals surface area contributed by atoms with Gasteiger partial charge in [0.2, 0.25) is 0 Å². The van der Waals surface area contributed by atoms with Crippen LogP contribution >= 0.6 is 0 Å². The van der Waals surface area contributed by atoms with Gasteiger partial charge in [-0.15, -0.1) is 0 Å². The Morgan fingerprint density at radius 1 is 1.08 bits per heavy atom. The second kappa shape index (κ2) is 7.83. The summed E-state index contributed by atoms with van der Waals surface area (Å²) in [6.07, 6.45) is 0.561. The molecular weight excluding hydrogens is 318 g/mol. The summed E-state index contributed by atoms with van der Waals surface area (Å²) < 4.78 is 10.7. The molecule has 5 nitrogen and oxygen atoms in total. The molecule has 0 fully saturated rings. The van der Waals surface area contributed by atoms with E-state index < -0.39 is 18.2 Å². The van der Waals surface area contributed by atoms with Crippen LogP contribution in [0.1, 0.15) is 36.1 Å².